The molecule has 2 aromatic rings. The van der Waals surface area contributed by atoms with Gasteiger partial charge in [-0.2, -0.15) is 0 Å². The average Bonchev–Trinajstić information content (AvgIpc) is 2.55. The molecule has 1 N–H and O–H groups in total. The smallest absolute Gasteiger partial charge is 0.200 e. The molecule has 120 valence electrons. The highest BCUT2D eigenvalue weighted by atomic mass is 79.9. The van der Waals surface area contributed by atoms with Crippen LogP contribution in [-0.4, -0.2) is 25.1 Å². The van der Waals surface area contributed by atoms with Crippen LogP contribution in [0.5, 0.6) is 17.2 Å². The Hall–Kier alpha value is -2.34. The van der Waals surface area contributed by atoms with Gasteiger partial charge in [0, 0.05) is 5.56 Å². The van der Waals surface area contributed by atoms with Crippen LogP contribution >= 0.6 is 15.9 Å². The minimum atomic E-state index is -0.432. The third-order valence-corrected chi connectivity index (χ3v) is 3.74. The van der Waals surface area contributed by atoms with E-state index >= 15 is 0 Å². The van der Waals surface area contributed by atoms with Crippen molar-refractivity contribution in [3.8, 4) is 17.2 Å². The summed E-state index contributed by atoms with van der Waals surface area (Å²) in [6, 6.07) is 7.19. The lowest BCUT2D eigenvalue weighted by Gasteiger charge is -2.09. The van der Waals surface area contributed by atoms with Gasteiger partial charge >= 0.3 is 0 Å². The second-order valence-corrected chi connectivity index (χ2v) is 5.45. The predicted molar refractivity (Wildman–Crippen MR) is 88.7 cm³/mol. The summed E-state index contributed by atoms with van der Waals surface area (Å²) in [6.07, 6.45) is 2.91. The Morgan fingerprint density at radius 1 is 1.17 bits per heavy atom. The lowest BCUT2D eigenvalue weighted by atomic mass is 10.1. The van der Waals surface area contributed by atoms with Crippen LogP contribution in [0, 0.1) is 5.82 Å². The highest BCUT2D eigenvalue weighted by molar-refractivity contribution is 9.10. The van der Waals surface area contributed by atoms with Crippen LogP contribution in [0.3, 0.4) is 0 Å². The Morgan fingerprint density at radius 2 is 1.78 bits per heavy atom. The maximum atomic E-state index is 13.2. The van der Waals surface area contributed by atoms with Crippen LogP contribution in [-0.2, 0) is 0 Å². The van der Waals surface area contributed by atoms with Crippen molar-refractivity contribution in [3.63, 3.8) is 0 Å². The first kappa shape index (κ1) is 17.0. The SMILES string of the molecule is COc1cc(C=CC(=O)c2ccc(F)c(Br)c2)cc(OC)c1O. The topological polar surface area (TPSA) is 55.8 Å². The van der Waals surface area contributed by atoms with Crippen molar-refractivity contribution in [2.75, 3.05) is 14.2 Å². The molecule has 23 heavy (non-hydrogen) atoms. The molecule has 2 rings (SSSR count). The summed E-state index contributed by atoms with van der Waals surface area (Å²) in [6.45, 7) is 0. The van der Waals surface area contributed by atoms with Crippen molar-refractivity contribution < 1.29 is 23.8 Å². The first-order valence-corrected chi connectivity index (χ1v) is 7.38. The molecule has 0 unspecified atom stereocenters. The summed E-state index contributed by atoms with van der Waals surface area (Å²) in [5, 5.41) is 9.84. The molecule has 0 bridgehead atoms. The Labute approximate surface area is 141 Å². The number of hydrogen-bond donors (Lipinski definition) is 1. The van der Waals surface area contributed by atoms with Crippen molar-refractivity contribution in [1.82, 2.24) is 0 Å². The number of rotatable bonds is 5. The fraction of sp³-hybridized carbons (Fsp3) is 0.118. The van der Waals surface area contributed by atoms with Gasteiger partial charge in [0.2, 0.25) is 5.75 Å². The van der Waals surface area contributed by atoms with Crippen molar-refractivity contribution in [3.05, 3.63) is 57.8 Å². The molecular formula is C17H14BrFO4. The lowest BCUT2D eigenvalue weighted by molar-refractivity contribution is 0.104. The number of hydrogen-bond acceptors (Lipinski definition) is 4. The number of phenols is 1. The van der Waals surface area contributed by atoms with E-state index in [4.69, 9.17) is 9.47 Å². The van der Waals surface area contributed by atoms with Crippen LogP contribution in [0.25, 0.3) is 6.08 Å². The van der Waals surface area contributed by atoms with Gasteiger partial charge in [-0.05, 0) is 57.9 Å². The molecule has 0 aliphatic carbocycles. The van der Waals surface area contributed by atoms with E-state index in [0.717, 1.165) is 0 Å². The van der Waals surface area contributed by atoms with Gasteiger partial charge in [0.15, 0.2) is 17.3 Å². The quantitative estimate of drug-likeness (QED) is 0.623. The Morgan fingerprint density at radius 3 is 2.30 bits per heavy atom. The zero-order valence-corrected chi connectivity index (χ0v) is 14.1. The summed E-state index contributed by atoms with van der Waals surface area (Å²) in [5.74, 6) is -0.349. The summed E-state index contributed by atoms with van der Waals surface area (Å²) >= 11 is 3.04. The summed E-state index contributed by atoms with van der Waals surface area (Å²) in [5.41, 5.74) is 0.971. The molecule has 4 nitrogen and oxygen atoms in total. The zero-order chi connectivity index (χ0) is 17.0. The molecule has 0 heterocycles. The average molecular weight is 381 g/mol. The largest absolute Gasteiger partial charge is 0.502 e. The monoisotopic (exact) mass is 380 g/mol. The van der Waals surface area contributed by atoms with Crippen LogP contribution in [0.1, 0.15) is 15.9 Å². The number of carbonyl (C=O) groups excluding carboxylic acids is 1. The van der Waals surface area contributed by atoms with Gasteiger partial charge in [-0.25, -0.2) is 4.39 Å². The number of benzene rings is 2. The first-order valence-electron chi connectivity index (χ1n) is 6.58. The highest BCUT2D eigenvalue weighted by Crippen LogP contribution is 2.37. The van der Waals surface area contributed by atoms with E-state index in [1.165, 1.54) is 38.5 Å². The van der Waals surface area contributed by atoms with Crippen LogP contribution in [0.4, 0.5) is 4.39 Å². The predicted octanol–water partition coefficient (Wildman–Crippen LogP) is 4.21. The van der Waals surface area contributed by atoms with Crippen molar-refractivity contribution in [1.29, 1.82) is 0 Å². The molecule has 0 saturated heterocycles. The van der Waals surface area contributed by atoms with Gasteiger partial charge in [0.1, 0.15) is 5.82 Å². The molecule has 0 aliphatic rings. The van der Waals surface area contributed by atoms with Gasteiger partial charge in [0.25, 0.3) is 0 Å². The van der Waals surface area contributed by atoms with E-state index < -0.39 is 5.82 Å². The number of ketones is 1. The van der Waals surface area contributed by atoms with E-state index in [0.29, 0.717) is 11.1 Å². The molecule has 0 amide bonds. The van der Waals surface area contributed by atoms with Gasteiger partial charge in [-0.3, -0.25) is 4.79 Å². The first-order chi connectivity index (χ1) is 11.0. The molecule has 0 aliphatic heterocycles. The van der Waals surface area contributed by atoms with Crippen molar-refractivity contribution in [2.45, 2.75) is 0 Å². The Kier molecular flexibility index (Phi) is 5.39. The molecule has 0 aromatic heterocycles. The van der Waals surface area contributed by atoms with E-state index in [1.807, 2.05) is 0 Å². The number of halogens is 2. The van der Waals surface area contributed by atoms with Crippen LogP contribution in [0.2, 0.25) is 0 Å². The van der Waals surface area contributed by atoms with Gasteiger partial charge < -0.3 is 14.6 Å². The summed E-state index contributed by atoms with van der Waals surface area (Å²) in [4.78, 5) is 12.1. The second kappa shape index (κ2) is 7.28. The summed E-state index contributed by atoms with van der Waals surface area (Å²) < 4.78 is 23.5. The Bertz CT molecular complexity index is 746. The van der Waals surface area contributed by atoms with Crippen LogP contribution < -0.4 is 9.47 Å². The van der Waals surface area contributed by atoms with Gasteiger partial charge in [-0.15, -0.1) is 0 Å². The lowest BCUT2D eigenvalue weighted by Crippen LogP contribution is -1.95. The third-order valence-electron chi connectivity index (χ3n) is 3.13. The van der Waals surface area contributed by atoms with E-state index in [-0.39, 0.29) is 27.5 Å². The maximum Gasteiger partial charge on any atom is 0.200 e. The molecule has 0 atom stereocenters. The number of phenolic OH excluding ortho intramolecular Hbond substituents is 1. The molecule has 0 saturated carbocycles. The minimum Gasteiger partial charge on any atom is -0.502 e. The summed E-state index contributed by atoms with van der Waals surface area (Å²) in [7, 11) is 2.84. The van der Waals surface area contributed by atoms with E-state index in [1.54, 1.807) is 18.2 Å². The molecule has 0 radical (unpaired) electrons. The second-order valence-electron chi connectivity index (χ2n) is 4.60. The van der Waals surface area contributed by atoms with E-state index in [2.05, 4.69) is 15.9 Å². The van der Waals surface area contributed by atoms with Gasteiger partial charge in [0.05, 0.1) is 18.7 Å². The zero-order valence-electron chi connectivity index (χ0n) is 12.5. The van der Waals surface area contributed by atoms with Crippen molar-refractivity contribution >= 4 is 27.8 Å². The fourth-order valence-electron chi connectivity index (χ4n) is 1.93. The van der Waals surface area contributed by atoms with Crippen molar-refractivity contribution in [2.24, 2.45) is 0 Å². The number of aromatic hydroxyl groups is 1. The number of carbonyl (C=O) groups is 1. The van der Waals surface area contributed by atoms with Crippen LogP contribution in [0.15, 0.2) is 40.9 Å². The van der Waals surface area contributed by atoms with Gasteiger partial charge in [-0.1, -0.05) is 6.08 Å². The molecule has 6 heteroatoms. The highest BCUT2D eigenvalue weighted by Gasteiger charge is 2.10. The van der Waals surface area contributed by atoms with E-state index in [9.17, 15) is 14.3 Å². The third kappa shape index (κ3) is 3.90. The number of methoxy groups -OCH3 is 2. The molecule has 0 fully saturated rings. The molecule has 2 aromatic carbocycles. The molecular weight excluding hydrogens is 367 g/mol. The standard InChI is InChI=1S/C17H14BrFO4/c1-22-15-7-10(8-16(23-2)17(15)21)3-6-14(20)11-4-5-13(19)12(18)9-11/h3-9,21H,1-2H3. The number of ether oxygens (including phenoxy) is 2. The number of allylic oxidation sites excluding steroid dienone is 1. The molecule has 0 spiro atoms. The maximum absolute atomic E-state index is 13.2. The Balaban J connectivity index is 2.28. The normalized spacial score (nSPS) is 10.8. The minimum absolute atomic E-state index is 0.110. The fourth-order valence-corrected chi connectivity index (χ4v) is 2.31.